The molecule has 24 heavy (non-hydrogen) atoms. The number of nitriles is 1. The van der Waals surface area contributed by atoms with Gasteiger partial charge < -0.3 is 14.4 Å². The van der Waals surface area contributed by atoms with E-state index in [0.29, 0.717) is 24.0 Å². The molecule has 6 nitrogen and oxygen atoms in total. The van der Waals surface area contributed by atoms with Gasteiger partial charge in [0.05, 0.1) is 37.1 Å². The molecule has 0 spiro atoms. The maximum Gasteiger partial charge on any atom is 0.147 e. The van der Waals surface area contributed by atoms with Crippen molar-refractivity contribution in [3.05, 3.63) is 48.4 Å². The third kappa shape index (κ3) is 2.91. The summed E-state index contributed by atoms with van der Waals surface area (Å²) in [4.78, 5) is 10.7. The first-order valence-electron chi connectivity index (χ1n) is 8.09. The number of nitrogens with zero attached hydrogens (tertiary/aromatic N) is 4. The van der Waals surface area contributed by atoms with Gasteiger partial charge in [-0.1, -0.05) is 6.07 Å². The lowest BCUT2D eigenvalue weighted by atomic mass is 9.94. The van der Waals surface area contributed by atoms with E-state index in [0.717, 1.165) is 31.3 Å². The first kappa shape index (κ1) is 14.9. The van der Waals surface area contributed by atoms with E-state index in [1.807, 2.05) is 12.1 Å². The van der Waals surface area contributed by atoms with E-state index >= 15 is 0 Å². The Labute approximate surface area is 140 Å². The topological polar surface area (TPSA) is 71.3 Å². The number of aromatic nitrogens is 2. The molecule has 2 aliphatic rings. The number of rotatable bonds is 4. The van der Waals surface area contributed by atoms with E-state index in [1.54, 1.807) is 30.7 Å². The smallest absolute Gasteiger partial charge is 0.147 e. The molecule has 0 bridgehead atoms. The quantitative estimate of drug-likeness (QED) is 0.856. The molecule has 2 aliphatic heterocycles. The predicted octanol–water partition coefficient (Wildman–Crippen LogP) is 1.88. The minimum absolute atomic E-state index is 0.228. The second-order valence-electron chi connectivity index (χ2n) is 6.21. The Hall–Kier alpha value is -2.65. The molecule has 0 amide bonds. The van der Waals surface area contributed by atoms with Gasteiger partial charge in [0.25, 0.3) is 0 Å². The molecule has 1 aromatic heterocycles. The number of hydrogen-bond acceptors (Lipinski definition) is 6. The van der Waals surface area contributed by atoms with Crippen molar-refractivity contribution in [1.82, 2.24) is 9.97 Å². The molecule has 0 saturated carbocycles. The lowest BCUT2D eigenvalue weighted by Gasteiger charge is -2.20. The molecule has 0 unspecified atom stereocenters. The molecule has 0 aliphatic carbocycles. The molecular weight excluding hydrogens is 304 g/mol. The second kappa shape index (κ2) is 6.46. The van der Waals surface area contributed by atoms with Crippen LogP contribution >= 0.6 is 0 Å². The minimum atomic E-state index is 0.228. The first-order valence-corrected chi connectivity index (χ1v) is 8.09. The summed E-state index contributed by atoms with van der Waals surface area (Å²) in [6.45, 7) is 3.09. The van der Waals surface area contributed by atoms with Gasteiger partial charge in [0, 0.05) is 37.3 Å². The summed E-state index contributed by atoms with van der Waals surface area (Å²) in [6, 6.07) is 9.40. The Kier molecular flexibility index (Phi) is 4.01. The standard InChI is InChI=1S/C18H18N4O2/c19-7-13-2-1-3-15(6-13)23-11-14-12-24-17-10-22(9-16(14)17)18-8-20-4-5-21-18/h1-6,8,14,16-17H,9-12H2/t14-,16-,17-/m1/s1. The normalized spacial score (nSPS) is 25.3. The molecule has 3 atom stereocenters. The maximum absolute atomic E-state index is 8.96. The molecule has 2 fully saturated rings. The summed E-state index contributed by atoms with van der Waals surface area (Å²) in [5.74, 6) is 2.42. The van der Waals surface area contributed by atoms with Crippen molar-refractivity contribution in [2.45, 2.75) is 6.10 Å². The van der Waals surface area contributed by atoms with Gasteiger partial charge in [-0.05, 0) is 18.2 Å². The Morgan fingerprint density at radius 2 is 2.29 bits per heavy atom. The highest BCUT2D eigenvalue weighted by Crippen LogP contribution is 2.35. The van der Waals surface area contributed by atoms with Crippen molar-refractivity contribution in [2.24, 2.45) is 11.8 Å². The summed E-state index contributed by atoms with van der Waals surface area (Å²) in [6.07, 6.45) is 5.42. The monoisotopic (exact) mass is 322 g/mol. The van der Waals surface area contributed by atoms with Crippen LogP contribution in [0.4, 0.5) is 5.82 Å². The number of anilines is 1. The Morgan fingerprint density at radius 3 is 3.12 bits per heavy atom. The summed E-state index contributed by atoms with van der Waals surface area (Å²) in [7, 11) is 0. The molecule has 3 heterocycles. The summed E-state index contributed by atoms with van der Waals surface area (Å²) in [5, 5.41) is 8.96. The summed E-state index contributed by atoms with van der Waals surface area (Å²) >= 11 is 0. The van der Waals surface area contributed by atoms with Gasteiger partial charge in [-0.3, -0.25) is 4.98 Å². The SMILES string of the molecule is N#Cc1cccc(OC[C@@H]2CO[C@@H]3CN(c4cnccn4)C[C@H]23)c1. The molecule has 1 aromatic carbocycles. The molecule has 122 valence electrons. The lowest BCUT2D eigenvalue weighted by Crippen LogP contribution is -2.27. The van der Waals surface area contributed by atoms with Crippen molar-refractivity contribution >= 4 is 5.82 Å². The van der Waals surface area contributed by atoms with E-state index in [-0.39, 0.29) is 6.10 Å². The van der Waals surface area contributed by atoms with Crippen molar-refractivity contribution in [1.29, 1.82) is 5.26 Å². The fourth-order valence-electron chi connectivity index (χ4n) is 3.47. The number of ether oxygens (including phenoxy) is 2. The molecule has 0 N–H and O–H groups in total. The molecule has 6 heteroatoms. The largest absolute Gasteiger partial charge is 0.493 e. The van der Waals surface area contributed by atoms with Gasteiger partial charge in [0.2, 0.25) is 0 Å². The molecule has 0 radical (unpaired) electrons. The number of fused-ring (bicyclic) bond motifs is 1. The van der Waals surface area contributed by atoms with E-state index < -0.39 is 0 Å². The summed E-state index contributed by atoms with van der Waals surface area (Å²) < 4.78 is 11.9. The number of hydrogen-bond donors (Lipinski definition) is 0. The average molecular weight is 322 g/mol. The van der Waals surface area contributed by atoms with Crippen LogP contribution in [0.25, 0.3) is 0 Å². The molecule has 2 aromatic rings. The Bertz CT molecular complexity index is 746. The highest BCUT2D eigenvalue weighted by molar-refractivity contribution is 5.38. The zero-order valence-corrected chi connectivity index (χ0v) is 13.2. The molecule has 2 saturated heterocycles. The van der Waals surface area contributed by atoms with Crippen molar-refractivity contribution in [2.75, 3.05) is 31.2 Å². The van der Waals surface area contributed by atoms with Crippen LogP contribution in [0, 0.1) is 23.2 Å². The van der Waals surface area contributed by atoms with Crippen molar-refractivity contribution in [3.8, 4) is 11.8 Å². The second-order valence-corrected chi connectivity index (χ2v) is 6.21. The fourth-order valence-corrected chi connectivity index (χ4v) is 3.47. The highest BCUT2D eigenvalue weighted by Gasteiger charge is 2.44. The molecular formula is C18H18N4O2. The minimum Gasteiger partial charge on any atom is -0.493 e. The van der Waals surface area contributed by atoms with E-state index in [9.17, 15) is 0 Å². The third-order valence-corrected chi connectivity index (χ3v) is 4.74. The van der Waals surface area contributed by atoms with Gasteiger partial charge in [0.15, 0.2) is 0 Å². The van der Waals surface area contributed by atoms with Crippen molar-refractivity contribution in [3.63, 3.8) is 0 Å². The van der Waals surface area contributed by atoms with Gasteiger partial charge in [0.1, 0.15) is 11.6 Å². The van der Waals surface area contributed by atoms with Gasteiger partial charge >= 0.3 is 0 Å². The number of benzene rings is 1. The zero-order valence-electron chi connectivity index (χ0n) is 13.2. The van der Waals surface area contributed by atoms with Gasteiger partial charge in [-0.15, -0.1) is 0 Å². The molecule has 4 rings (SSSR count). The third-order valence-electron chi connectivity index (χ3n) is 4.74. The van der Waals surface area contributed by atoms with Crippen LogP contribution in [0.1, 0.15) is 5.56 Å². The average Bonchev–Trinajstić information content (AvgIpc) is 3.22. The predicted molar refractivity (Wildman–Crippen MR) is 87.6 cm³/mol. The first-order chi connectivity index (χ1) is 11.8. The van der Waals surface area contributed by atoms with Crippen LogP contribution in [0.15, 0.2) is 42.9 Å². The Balaban J connectivity index is 1.38. The fraction of sp³-hybridized carbons (Fsp3) is 0.389. The van der Waals surface area contributed by atoms with Crippen LogP contribution in [-0.2, 0) is 4.74 Å². The van der Waals surface area contributed by atoms with Crippen LogP contribution in [0.3, 0.4) is 0 Å². The van der Waals surface area contributed by atoms with Crippen LogP contribution in [-0.4, -0.2) is 42.4 Å². The Morgan fingerprint density at radius 1 is 1.33 bits per heavy atom. The van der Waals surface area contributed by atoms with Gasteiger partial charge in [-0.2, -0.15) is 5.26 Å². The van der Waals surface area contributed by atoms with E-state index in [4.69, 9.17) is 14.7 Å². The van der Waals surface area contributed by atoms with Crippen molar-refractivity contribution < 1.29 is 9.47 Å². The van der Waals surface area contributed by atoms with E-state index in [1.165, 1.54) is 0 Å². The van der Waals surface area contributed by atoms with Gasteiger partial charge in [-0.25, -0.2) is 4.98 Å². The summed E-state index contributed by atoms with van der Waals surface area (Å²) in [5.41, 5.74) is 0.614. The van der Waals surface area contributed by atoms with E-state index in [2.05, 4.69) is 20.9 Å². The van der Waals surface area contributed by atoms with Crippen LogP contribution in [0.5, 0.6) is 5.75 Å². The van der Waals surface area contributed by atoms with Crippen LogP contribution < -0.4 is 9.64 Å². The van der Waals surface area contributed by atoms with Crippen LogP contribution in [0.2, 0.25) is 0 Å². The maximum atomic E-state index is 8.96. The zero-order chi connectivity index (χ0) is 16.4. The highest BCUT2D eigenvalue weighted by atomic mass is 16.5. The lowest BCUT2D eigenvalue weighted by molar-refractivity contribution is 0.108.